The lowest BCUT2D eigenvalue weighted by Crippen LogP contribution is -2.35. The molecule has 1 aliphatic carbocycles. The lowest BCUT2D eigenvalue weighted by molar-refractivity contribution is -0.145. The monoisotopic (exact) mass is 184 g/mol. The first kappa shape index (κ1) is 10.1. The van der Waals surface area contributed by atoms with E-state index in [0.717, 1.165) is 5.57 Å². The van der Waals surface area contributed by atoms with Crippen molar-refractivity contribution in [2.45, 2.75) is 33.6 Å². The molecule has 2 N–H and O–H groups in total. The standard InChI is InChI=1S/C10H16O3/c1-6-8(11)5-4-7(9(12)13)10(6,2)3/h7,11H,4-5H2,1-3H3,(H,12,13). The van der Waals surface area contributed by atoms with E-state index in [1.54, 1.807) is 0 Å². The predicted molar refractivity (Wildman–Crippen MR) is 49.5 cm³/mol. The van der Waals surface area contributed by atoms with Crippen LogP contribution in [0.1, 0.15) is 33.6 Å². The second-order valence-electron chi connectivity index (χ2n) is 4.22. The Kier molecular flexibility index (Phi) is 2.37. The molecule has 3 nitrogen and oxygen atoms in total. The molecule has 0 saturated heterocycles. The molecule has 0 aromatic rings. The molecule has 0 spiro atoms. The molecule has 1 atom stereocenters. The van der Waals surface area contributed by atoms with Crippen molar-refractivity contribution in [2.24, 2.45) is 11.3 Å². The van der Waals surface area contributed by atoms with E-state index in [4.69, 9.17) is 5.11 Å². The first-order valence-electron chi connectivity index (χ1n) is 4.49. The van der Waals surface area contributed by atoms with E-state index >= 15 is 0 Å². The van der Waals surface area contributed by atoms with Crippen molar-refractivity contribution in [3.63, 3.8) is 0 Å². The van der Waals surface area contributed by atoms with Crippen LogP contribution in [0.25, 0.3) is 0 Å². The third-order valence-corrected chi connectivity index (χ3v) is 3.24. The van der Waals surface area contributed by atoms with Crippen LogP contribution in [0.2, 0.25) is 0 Å². The van der Waals surface area contributed by atoms with Crippen LogP contribution < -0.4 is 0 Å². The van der Waals surface area contributed by atoms with Crippen LogP contribution in [0.3, 0.4) is 0 Å². The van der Waals surface area contributed by atoms with Gasteiger partial charge in [-0.25, -0.2) is 0 Å². The maximum absolute atomic E-state index is 10.9. The maximum Gasteiger partial charge on any atom is 0.307 e. The summed E-state index contributed by atoms with van der Waals surface area (Å²) >= 11 is 0. The van der Waals surface area contributed by atoms with E-state index in [-0.39, 0.29) is 5.92 Å². The lowest BCUT2D eigenvalue weighted by atomic mass is 9.67. The lowest BCUT2D eigenvalue weighted by Gasteiger charge is -2.36. The number of aliphatic hydroxyl groups excluding tert-OH is 1. The minimum atomic E-state index is -0.767. The Morgan fingerprint density at radius 3 is 2.54 bits per heavy atom. The molecule has 1 unspecified atom stereocenters. The van der Waals surface area contributed by atoms with Crippen molar-refractivity contribution in [1.82, 2.24) is 0 Å². The van der Waals surface area contributed by atoms with Crippen LogP contribution in [0.4, 0.5) is 0 Å². The largest absolute Gasteiger partial charge is 0.512 e. The van der Waals surface area contributed by atoms with Crippen molar-refractivity contribution in [2.75, 3.05) is 0 Å². The quantitative estimate of drug-likeness (QED) is 0.657. The van der Waals surface area contributed by atoms with E-state index in [1.165, 1.54) is 0 Å². The van der Waals surface area contributed by atoms with Crippen LogP contribution in [-0.4, -0.2) is 16.2 Å². The number of allylic oxidation sites excluding steroid dienone is 2. The van der Waals surface area contributed by atoms with Gasteiger partial charge in [-0.15, -0.1) is 0 Å². The van der Waals surface area contributed by atoms with Gasteiger partial charge in [-0.2, -0.15) is 0 Å². The normalized spacial score (nSPS) is 27.5. The molecule has 0 radical (unpaired) electrons. The van der Waals surface area contributed by atoms with Crippen LogP contribution in [0.15, 0.2) is 11.3 Å². The Balaban J connectivity index is 3.05. The summed E-state index contributed by atoms with van der Waals surface area (Å²) in [7, 11) is 0. The summed E-state index contributed by atoms with van der Waals surface area (Å²) in [6.45, 7) is 5.55. The highest BCUT2D eigenvalue weighted by molar-refractivity contribution is 5.72. The minimum absolute atomic E-state index is 0.363. The smallest absolute Gasteiger partial charge is 0.307 e. The molecule has 13 heavy (non-hydrogen) atoms. The third kappa shape index (κ3) is 1.55. The van der Waals surface area contributed by atoms with Gasteiger partial charge in [0, 0.05) is 11.8 Å². The number of carboxylic acid groups (broad SMARTS) is 1. The molecule has 1 rings (SSSR count). The molecule has 0 saturated carbocycles. The Hall–Kier alpha value is -0.990. The highest BCUT2D eigenvalue weighted by Gasteiger charge is 2.40. The fourth-order valence-electron chi connectivity index (χ4n) is 1.89. The molecule has 0 aromatic carbocycles. The Morgan fingerprint density at radius 2 is 2.08 bits per heavy atom. The molecule has 0 bridgehead atoms. The van der Waals surface area contributed by atoms with Gasteiger partial charge in [0.25, 0.3) is 0 Å². The number of aliphatic hydroxyl groups is 1. The second kappa shape index (κ2) is 3.05. The topological polar surface area (TPSA) is 57.5 Å². The molecule has 74 valence electrons. The molecular weight excluding hydrogens is 168 g/mol. The second-order valence-corrected chi connectivity index (χ2v) is 4.22. The van der Waals surface area contributed by atoms with Gasteiger partial charge in [0.15, 0.2) is 0 Å². The molecular formula is C10H16O3. The zero-order chi connectivity index (χ0) is 10.2. The molecule has 1 aliphatic rings. The Bertz CT molecular complexity index is 263. The van der Waals surface area contributed by atoms with Gasteiger partial charge in [0.05, 0.1) is 11.7 Å². The predicted octanol–water partition coefficient (Wildman–Crippen LogP) is 2.34. The maximum atomic E-state index is 10.9. The molecule has 3 heteroatoms. The van der Waals surface area contributed by atoms with E-state index in [0.29, 0.717) is 18.6 Å². The Labute approximate surface area is 78.1 Å². The first-order valence-corrected chi connectivity index (χ1v) is 4.49. The Morgan fingerprint density at radius 1 is 1.54 bits per heavy atom. The summed E-state index contributed by atoms with van der Waals surface area (Å²) in [5, 5.41) is 18.5. The summed E-state index contributed by atoms with van der Waals surface area (Å²) in [5.74, 6) is -0.775. The van der Waals surface area contributed by atoms with Crippen LogP contribution in [0, 0.1) is 11.3 Å². The first-order chi connectivity index (χ1) is 5.87. The summed E-state index contributed by atoms with van der Waals surface area (Å²) < 4.78 is 0. The molecule has 0 aliphatic heterocycles. The number of carboxylic acids is 1. The summed E-state index contributed by atoms with van der Waals surface area (Å²) in [6.07, 6.45) is 1.03. The van der Waals surface area contributed by atoms with Gasteiger partial charge in [-0.05, 0) is 18.9 Å². The molecule has 0 fully saturated rings. The van der Waals surface area contributed by atoms with Crippen LogP contribution in [0.5, 0.6) is 0 Å². The van der Waals surface area contributed by atoms with Gasteiger partial charge in [0.1, 0.15) is 0 Å². The van der Waals surface area contributed by atoms with E-state index in [1.807, 2.05) is 20.8 Å². The highest BCUT2D eigenvalue weighted by Crippen LogP contribution is 2.43. The average molecular weight is 184 g/mol. The van der Waals surface area contributed by atoms with Crippen molar-refractivity contribution < 1.29 is 15.0 Å². The zero-order valence-electron chi connectivity index (χ0n) is 8.29. The van der Waals surface area contributed by atoms with Crippen LogP contribution >= 0.6 is 0 Å². The van der Waals surface area contributed by atoms with Gasteiger partial charge >= 0.3 is 5.97 Å². The number of carbonyl (C=O) groups is 1. The van der Waals surface area contributed by atoms with Crippen molar-refractivity contribution in [1.29, 1.82) is 0 Å². The highest BCUT2D eigenvalue weighted by atomic mass is 16.4. The fraction of sp³-hybridized carbons (Fsp3) is 0.700. The summed E-state index contributed by atoms with van der Waals surface area (Å²) in [6, 6.07) is 0. The van der Waals surface area contributed by atoms with E-state index in [9.17, 15) is 9.90 Å². The molecule has 0 aromatic heterocycles. The zero-order valence-corrected chi connectivity index (χ0v) is 8.29. The van der Waals surface area contributed by atoms with Crippen molar-refractivity contribution in [3.8, 4) is 0 Å². The summed E-state index contributed by atoms with van der Waals surface area (Å²) in [4.78, 5) is 10.9. The number of rotatable bonds is 1. The summed E-state index contributed by atoms with van der Waals surface area (Å²) in [5.41, 5.74) is 0.389. The molecule has 0 amide bonds. The third-order valence-electron chi connectivity index (χ3n) is 3.24. The van der Waals surface area contributed by atoms with E-state index < -0.39 is 11.4 Å². The minimum Gasteiger partial charge on any atom is -0.512 e. The van der Waals surface area contributed by atoms with Gasteiger partial charge < -0.3 is 10.2 Å². The van der Waals surface area contributed by atoms with E-state index in [2.05, 4.69) is 0 Å². The number of hydrogen-bond acceptors (Lipinski definition) is 2. The SMILES string of the molecule is CC1=C(O)CCC(C(=O)O)C1(C)C. The van der Waals surface area contributed by atoms with Crippen molar-refractivity contribution >= 4 is 5.97 Å². The number of hydrogen-bond donors (Lipinski definition) is 2. The average Bonchev–Trinajstić information content (AvgIpc) is 1.99. The van der Waals surface area contributed by atoms with Gasteiger partial charge in [-0.1, -0.05) is 13.8 Å². The van der Waals surface area contributed by atoms with Crippen LogP contribution in [-0.2, 0) is 4.79 Å². The number of aliphatic carboxylic acids is 1. The van der Waals surface area contributed by atoms with Crippen molar-refractivity contribution in [3.05, 3.63) is 11.3 Å². The fourth-order valence-corrected chi connectivity index (χ4v) is 1.89. The van der Waals surface area contributed by atoms with Gasteiger partial charge in [-0.3, -0.25) is 4.79 Å². The van der Waals surface area contributed by atoms with Gasteiger partial charge in [0.2, 0.25) is 0 Å². The molecule has 0 heterocycles.